The van der Waals surface area contributed by atoms with Gasteiger partial charge in [-0.3, -0.25) is 0 Å². The van der Waals surface area contributed by atoms with Crippen LogP contribution in [0.1, 0.15) is 0 Å². The summed E-state index contributed by atoms with van der Waals surface area (Å²) in [6.07, 6.45) is 0. The maximum absolute atomic E-state index is 14.9. The zero-order chi connectivity index (χ0) is 24.1. The molecule has 3 aromatic rings. The van der Waals surface area contributed by atoms with Gasteiger partial charge in [0.1, 0.15) is 17.5 Å². The van der Waals surface area contributed by atoms with Crippen molar-refractivity contribution >= 4 is 23.1 Å². The van der Waals surface area contributed by atoms with E-state index in [0.717, 1.165) is 0 Å². The Morgan fingerprint density at radius 2 is 0.812 bits per heavy atom. The van der Waals surface area contributed by atoms with E-state index >= 15 is 0 Å². The number of halogens is 11. The maximum Gasteiger partial charge on any atom is 0.264 e. The van der Waals surface area contributed by atoms with Crippen LogP contribution in [-0.2, 0) is 0 Å². The van der Waals surface area contributed by atoms with Gasteiger partial charge in [0, 0.05) is 34.6 Å². The van der Waals surface area contributed by atoms with Gasteiger partial charge in [-0.15, -0.1) is 0 Å². The lowest BCUT2D eigenvalue weighted by atomic mass is 9.36. The highest BCUT2D eigenvalue weighted by Gasteiger charge is 2.41. The summed E-state index contributed by atoms with van der Waals surface area (Å²) in [4.78, 5) is 0. The maximum atomic E-state index is 14.9. The SMILES string of the molecule is COc1c(F)cc(F)c(B(c2c(F)cc(F)c(F)c2F)c2c(F)cc(F)c(F)c2F)c1F. The summed E-state index contributed by atoms with van der Waals surface area (Å²) in [6, 6.07) is -0.727. The molecule has 0 heterocycles. The van der Waals surface area contributed by atoms with E-state index in [2.05, 4.69) is 4.74 Å². The van der Waals surface area contributed by atoms with Crippen LogP contribution in [0.3, 0.4) is 0 Å². The highest BCUT2D eigenvalue weighted by Crippen LogP contribution is 2.23. The summed E-state index contributed by atoms with van der Waals surface area (Å²) in [5.41, 5.74) is -5.48. The van der Waals surface area contributed by atoms with Gasteiger partial charge in [-0.05, 0) is 0 Å². The van der Waals surface area contributed by atoms with Gasteiger partial charge in [0.05, 0.1) is 7.11 Å². The van der Waals surface area contributed by atoms with Gasteiger partial charge in [0.15, 0.2) is 52.3 Å². The Morgan fingerprint density at radius 3 is 1.19 bits per heavy atom. The Labute approximate surface area is 172 Å². The second-order valence-corrected chi connectivity index (χ2v) is 6.30. The molecule has 1 nitrogen and oxygen atoms in total. The molecule has 0 saturated carbocycles. The average molecular weight is 470 g/mol. The average Bonchev–Trinajstić information content (AvgIpc) is 2.70. The minimum atomic E-state index is -3.06. The smallest absolute Gasteiger partial charge is 0.264 e. The number of hydrogen-bond acceptors (Lipinski definition) is 1. The monoisotopic (exact) mass is 470 g/mol. The molecule has 0 saturated heterocycles. The molecule has 0 N–H and O–H groups in total. The van der Waals surface area contributed by atoms with Crippen molar-refractivity contribution in [1.29, 1.82) is 0 Å². The normalized spacial score (nSPS) is 11.1. The van der Waals surface area contributed by atoms with Gasteiger partial charge in [-0.1, -0.05) is 0 Å². The number of methoxy groups -OCH3 is 1. The number of rotatable bonds is 4. The highest BCUT2D eigenvalue weighted by atomic mass is 19.2. The highest BCUT2D eigenvalue weighted by molar-refractivity contribution is 6.95. The fourth-order valence-corrected chi connectivity index (χ4v) is 3.16. The van der Waals surface area contributed by atoms with E-state index in [1.54, 1.807) is 0 Å². The fraction of sp³-hybridized carbons (Fsp3) is 0.0526. The zero-order valence-corrected chi connectivity index (χ0v) is 15.4. The Kier molecular flexibility index (Phi) is 6.12. The Morgan fingerprint density at radius 1 is 0.469 bits per heavy atom. The number of ether oxygens (including phenoxy) is 1. The molecule has 0 aliphatic rings. The predicted molar refractivity (Wildman–Crippen MR) is 90.1 cm³/mol. The Balaban J connectivity index is 2.57. The second-order valence-electron chi connectivity index (χ2n) is 6.30. The first-order valence-electron chi connectivity index (χ1n) is 8.29. The van der Waals surface area contributed by atoms with Crippen LogP contribution in [0.25, 0.3) is 0 Å². The standard InChI is InChI=1S/C19H6BF11O/c1-32-19-10(26)4-7(23)13(18(19)31)20(11-5(21)2-8(24)14(27)16(11)29)12-6(22)3-9(25)15(28)17(12)30/h2-4H,1H3. The van der Waals surface area contributed by atoms with Crippen molar-refractivity contribution in [2.24, 2.45) is 0 Å². The third-order valence-corrected chi connectivity index (χ3v) is 4.53. The molecule has 32 heavy (non-hydrogen) atoms. The molecule has 168 valence electrons. The zero-order valence-electron chi connectivity index (χ0n) is 15.4. The van der Waals surface area contributed by atoms with E-state index < -0.39 is 92.8 Å². The largest absolute Gasteiger partial charge is 0.491 e. The molecule has 0 aliphatic carbocycles. The summed E-state index contributed by atoms with van der Waals surface area (Å²) < 4.78 is 160. The van der Waals surface area contributed by atoms with Gasteiger partial charge in [0.25, 0.3) is 6.71 Å². The molecule has 3 aromatic carbocycles. The van der Waals surface area contributed by atoms with Crippen LogP contribution in [0.4, 0.5) is 48.3 Å². The van der Waals surface area contributed by atoms with E-state index in [1.807, 2.05) is 0 Å². The Bertz CT molecular complexity index is 1180. The molecule has 0 aromatic heterocycles. The molecule has 13 heteroatoms. The molecule has 0 spiro atoms. The van der Waals surface area contributed by atoms with Crippen LogP contribution in [-0.4, -0.2) is 13.8 Å². The quantitative estimate of drug-likeness (QED) is 0.245. The van der Waals surface area contributed by atoms with Gasteiger partial charge >= 0.3 is 0 Å². The van der Waals surface area contributed by atoms with Crippen molar-refractivity contribution in [3.63, 3.8) is 0 Å². The molecule has 3 rings (SSSR count). The van der Waals surface area contributed by atoms with Crippen LogP contribution in [0.2, 0.25) is 0 Å². The van der Waals surface area contributed by atoms with E-state index in [4.69, 9.17) is 0 Å². The van der Waals surface area contributed by atoms with Crippen molar-refractivity contribution in [3.8, 4) is 5.75 Å². The van der Waals surface area contributed by atoms with Crippen molar-refractivity contribution in [2.75, 3.05) is 7.11 Å². The van der Waals surface area contributed by atoms with E-state index in [-0.39, 0.29) is 18.2 Å². The van der Waals surface area contributed by atoms with Gasteiger partial charge in [-0.2, -0.15) is 0 Å². The first-order chi connectivity index (χ1) is 14.9. The Hall–Kier alpha value is -3.25. The summed E-state index contributed by atoms with van der Waals surface area (Å²) >= 11 is 0. The van der Waals surface area contributed by atoms with E-state index in [9.17, 15) is 48.3 Å². The minimum Gasteiger partial charge on any atom is -0.491 e. The fourth-order valence-electron chi connectivity index (χ4n) is 3.16. The van der Waals surface area contributed by atoms with Crippen molar-refractivity contribution in [3.05, 3.63) is 82.2 Å². The molecule has 0 fully saturated rings. The molecule has 0 unspecified atom stereocenters. The van der Waals surface area contributed by atoms with Crippen molar-refractivity contribution < 1.29 is 53.0 Å². The van der Waals surface area contributed by atoms with Crippen LogP contribution >= 0.6 is 0 Å². The van der Waals surface area contributed by atoms with Crippen LogP contribution in [0, 0.1) is 64.0 Å². The molecule has 0 radical (unpaired) electrons. The summed E-state index contributed by atoms with van der Waals surface area (Å²) in [5, 5.41) is 0. The minimum absolute atomic E-state index is 0.102. The van der Waals surface area contributed by atoms with Crippen LogP contribution in [0.5, 0.6) is 5.75 Å². The molecule has 0 aliphatic heterocycles. The second kappa shape index (κ2) is 8.36. The number of benzene rings is 3. The van der Waals surface area contributed by atoms with E-state index in [1.165, 1.54) is 0 Å². The topological polar surface area (TPSA) is 9.23 Å². The first-order valence-corrected chi connectivity index (χ1v) is 8.29. The molecule has 0 atom stereocenters. The molecular weight excluding hydrogens is 464 g/mol. The van der Waals surface area contributed by atoms with Crippen molar-refractivity contribution in [1.82, 2.24) is 0 Å². The number of hydrogen-bond donors (Lipinski definition) is 0. The summed E-state index contributed by atoms with van der Waals surface area (Å²) in [5.74, 6) is -25.4. The van der Waals surface area contributed by atoms with Gasteiger partial charge in [-0.25, -0.2) is 48.3 Å². The van der Waals surface area contributed by atoms with Crippen molar-refractivity contribution in [2.45, 2.75) is 0 Å². The third-order valence-electron chi connectivity index (χ3n) is 4.53. The molecular formula is C19H6BF11O. The summed E-state index contributed by atoms with van der Waals surface area (Å²) in [7, 11) is 0.676. The molecule has 0 bridgehead atoms. The van der Waals surface area contributed by atoms with E-state index in [0.29, 0.717) is 7.11 Å². The van der Waals surface area contributed by atoms with Crippen LogP contribution in [0.15, 0.2) is 18.2 Å². The predicted octanol–water partition coefficient (Wildman–Crippen LogP) is 3.74. The van der Waals surface area contributed by atoms with Gasteiger partial charge < -0.3 is 4.74 Å². The lowest BCUT2D eigenvalue weighted by Crippen LogP contribution is -2.59. The lowest BCUT2D eigenvalue weighted by Gasteiger charge is -2.21. The first kappa shape index (κ1) is 23.4. The molecule has 0 amide bonds. The third kappa shape index (κ3) is 3.54. The summed E-state index contributed by atoms with van der Waals surface area (Å²) in [6.45, 7) is -3.06. The lowest BCUT2D eigenvalue weighted by molar-refractivity contribution is 0.358. The van der Waals surface area contributed by atoms with Gasteiger partial charge in [0.2, 0.25) is 0 Å². The van der Waals surface area contributed by atoms with Crippen LogP contribution < -0.4 is 21.1 Å².